The summed E-state index contributed by atoms with van der Waals surface area (Å²) in [6.07, 6.45) is 3.58. The van der Waals surface area contributed by atoms with Crippen LogP contribution in [0.2, 0.25) is 0 Å². The number of hydrogen-bond acceptors (Lipinski definition) is 5. The summed E-state index contributed by atoms with van der Waals surface area (Å²) in [5.74, 6) is 1.79. The Labute approximate surface area is 170 Å². The predicted molar refractivity (Wildman–Crippen MR) is 117 cm³/mol. The first-order valence-electron chi connectivity index (χ1n) is 10.1. The van der Waals surface area contributed by atoms with Crippen LogP contribution in [0, 0.1) is 0 Å². The van der Waals surface area contributed by atoms with E-state index in [1.54, 1.807) is 12.4 Å². The lowest BCUT2D eigenvalue weighted by Crippen LogP contribution is -2.46. The quantitative estimate of drug-likeness (QED) is 0.534. The SMILES string of the molecule is c1ccc(CN2CCN(c3nc(-c4ccncc4)nc4ccccc34)CC2)cc1. The molecule has 0 bridgehead atoms. The number of benzene rings is 2. The topological polar surface area (TPSA) is 45.2 Å². The highest BCUT2D eigenvalue weighted by atomic mass is 15.3. The van der Waals surface area contributed by atoms with E-state index >= 15 is 0 Å². The maximum atomic E-state index is 4.97. The van der Waals surface area contributed by atoms with E-state index < -0.39 is 0 Å². The molecular formula is C24H23N5. The number of aromatic nitrogens is 3. The van der Waals surface area contributed by atoms with Gasteiger partial charge in [-0.15, -0.1) is 0 Å². The monoisotopic (exact) mass is 381 g/mol. The number of rotatable bonds is 4. The summed E-state index contributed by atoms with van der Waals surface area (Å²) in [4.78, 5) is 18.8. The molecule has 0 saturated carbocycles. The Balaban J connectivity index is 1.41. The highest BCUT2D eigenvalue weighted by Crippen LogP contribution is 2.28. The van der Waals surface area contributed by atoms with E-state index in [2.05, 4.69) is 63.3 Å². The van der Waals surface area contributed by atoms with Gasteiger partial charge in [0.25, 0.3) is 0 Å². The van der Waals surface area contributed by atoms with Crippen molar-refractivity contribution in [2.45, 2.75) is 6.54 Å². The minimum Gasteiger partial charge on any atom is -0.353 e. The van der Waals surface area contributed by atoms with Crippen LogP contribution in [-0.4, -0.2) is 46.0 Å². The van der Waals surface area contributed by atoms with Gasteiger partial charge in [0, 0.05) is 56.1 Å². The van der Waals surface area contributed by atoms with Crippen molar-refractivity contribution in [2.24, 2.45) is 0 Å². The lowest BCUT2D eigenvalue weighted by Gasteiger charge is -2.36. The average Bonchev–Trinajstić information content (AvgIpc) is 2.80. The van der Waals surface area contributed by atoms with Gasteiger partial charge in [0.1, 0.15) is 5.82 Å². The number of para-hydroxylation sites is 1. The molecule has 0 spiro atoms. The van der Waals surface area contributed by atoms with E-state index in [0.717, 1.165) is 60.8 Å². The van der Waals surface area contributed by atoms with Gasteiger partial charge in [-0.2, -0.15) is 0 Å². The number of anilines is 1. The molecular weight excluding hydrogens is 358 g/mol. The molecule has 1 saturated heterocycles. The van der Waals surface area contributed by atoms with E-state index in [9.17, 15) is 0 Å². The van der Waals surface area contributed by atoms with Gasteiger partial charge in [-0.3, -0.25) is 9.88 Å². The van der Waals surface area contributed by atoms with Gasteiger partial charge >= 0.3 is 0 Å². The van der Waals surface area contributed by atoms with Gasteiger partial charge in [0.05, 0.1) is 5.52 Å². The first-order valence-corrected chi connectivity index (χ1v) is 10.1. The van der Waals surface area contributed by atoms with E-state index in [4.69, 9.17) is 9.97 Å². The van der Waals surface area contributed by atoms with E-state index in [1.807, 2.05) is 18.2 Å². The van der Waals surface area contributed by atoms with Crippen LogP contribution in [0.25, 0.3) is 22.3 Å². The molecule has 1 aliphatic heterocycles. The summed E-state index contributed by atoms with van der Waals surface area (Å²) in [7, 11) is 0. The summed E-state index contributed by atoms with van der Waals surface area (Å²) in [6, 6.07) is 22.9. The zero-order valence-corrected chi connectivity index (χ0v) is 16.3. The molecule has 2 aromatic heterocycles. The summed E-state index contributed by atoms with van der Waals surface area (Å²) in [6.45, 7) is 4.98. The number of fused-ring (bicyclic) bond motifs is 1. The van der Waals surface area contributed by atoms with E-state index in [0.29, 0.717) is 0 Å². The summed E-state index contributed by atoms with van der Waals surface area (Å²) in [5, 5.41) is 1.11. The zero-order chi connectivity index (χ0) is 19.5. The van der Waals surface area contributed by atoms with Crippen LogP contribution < -0.4 is 4.90 Å². The number of pyridine rings is 1. The van der Waals surface area contributed by atoms with Crippen LogP contribution in [-0.2, 0) is 6.54 Å². The van der Waals surface area contributed by atoms with Crippen LogP contribution >= 0.6 is 0 Å². The molecule has 0 radical (unpaired) electrons. The number of nitrogens with zero attached hydrogens (tertiary/aromatic N) is 5. The molecule has 0 N–H and O–H groups in total. The molecule has 5 nitrogen and oxygen atoms in total. The Kier molecular flexibility index (Phi) is 4.88. The third-order valence-corrected chi connectivity index (χ3v) is 5.44. The molecule has 0 unspecified atom stereocenters. The fourth-order valence-corrected chi connectivity index (χ4v) is 3.89. The van der Waals surface area contributed by atoms with Gasteiger partial charge in [0.15, 0.2) is 5.82 Å². The van der Waals surface area contributed by atoms with Crippen molar-refractivity contribution < 1.29 is 0 Å². The Hall–Kier alpha value is -3.31. The second-order valence-electron chi connectivity index (χ2n) is 7.37. The molecule has 5 heteroatoms. The highest BCUT2D eigenvalue weighted by Gasteiger charge is 2.21. The first kappa shape index (κ1) is 17.8. The van der Waals surface area contributed by atoms with Gasteiger partial charge in [-0.1, -0.05) is 42.5 Å². The highest BCUT2D eigenvalue weighted by molar-refractivity contribution is 5.91. The second kappa shape index (κ2) is 7.97. The molecule has 4 aromatic rings. The summed E-state index contributed by atoms with van der Waals surface area (Å²) >= 11 is 0. The number of hydrogen-bond donors (Lipinski definition) is 0. The molecule has 2 aromatic carbocycles. The van der Waals surface area contributed by atoms with Crippen molar-refractivity contribution in [1.82, 2.24) is 19.9 Å². The maximum Gasteiger partial charge on any atom is 0.162 e. The molecule has 3 heterocycles. The Morgan fingerprint density at radius 2 is 1.45 bits per heavy atom. The van der Waals surface area contributed by atoms with Crippen molar-refractivity contribution in [2.75, 3.05) is 31.1 Å². The Morgan fingerprint density at radius 3 is 2.24 bits per heavy atom. The van der Waals surface area contributed by atoms with Crippen LogP contribution in [0.15, 0.2) is 79.1 Å². The largest absolute Gasteiger partial charge is 0.353 e. The summed E-state index contributed by atoms with van der Waals surface area (Å²) in [5.41, 5.74) is 3.35. The average molecular weight is 381 g/mol. The minimum absolute atomic E-state index is 0.757. The molecule has 1 aliphatic rings. The molecule has 0 atom stereocenters. The van der Waals surface area contributed by atoms with Gasteiger partial charge < -0.3 is 4.90 Å². The van der Waals surface area contributed by atoms with Gasteiger partial charge in [0.2, 0.25) is 0 Å². The summed E-state index contributed by atoms with van der Waals surface area (Å²) < 4.78 is 0. The minimum atomic E-state index is 0.757. The fraction of sp³-hybridized carbons (Fsp3) is 0.208. The van der Waals surface area contributed by atoms with Crippen molar-refractivity contribution >= 4 is 16.7 Å². The molecule has 29 heavy (non-hydrogen) atoms. The fourth-order valence-electron chi connectivity index (χ4n) is 3.89. The Bertz CT molecular complexity index is 1090. The lowest BCUT2D eigenvalue weighted by atomic mass is 10.1. The van der Waals surface area contributed by atoms with Gasteiger partial charge in [-0.25, -0.2) is 9.97 Å². The number of piperazine rings is 1. The van der Waals surface area contributed by atoms with E-state index in [1.165, 1.54) is 5.56 Å². The van der Waals surface area contributed by atoms with Crippen LogP contribution in [0.5, 0.6) is 0 Å². The molecule has 1 fully saturated rings. The third-order valence-electron chi connectivity index (χ3n) is 5.44. The molecule has 0 amide bonds. The van der Waals surface area contributed by atoms with Crippen LogP contribution in [0.3, 0.4) is 0 Å². The lowest BCUT2D eigenvalue weighted by molar-refractivity contribution is 0.249. The molecule has 144 valence electrons. The molecule has 5 rings (SSSR count). The normalized spacial score (nSPS) is 15.0. The standard InChI is InChI=1S/C24H23N5/c1-2-6-19(7-3-1)18-28-14-16-29(17-15-28)24-21-8-4-5-9-22(21)26-23(27-24)20-10-12-25-13-11-20/h1-13H,14-18H2. The van der Waals surface area contributed by atoms with Crippen molar-refractivity contribution in [1.29, 1.82) is 0 Å². The van der Waals surface area contributed by atoms with Gasteiger partial charge in [-0.05, 0) is 29.8 Å². The molecule has 0 aliphatic carbocycles. The predicted octanol–water partition coefficient (Wildman–Crippen LogP) is 4.01. The first-order chi connectivity index (χ1) is 14.4. The van der Waals surface area contributed by atoms with E-state index in [-0.39, 0.29) is 0 Å². The van der Waals surface area contributed by atoms with Crippen LogP contribution in [0.4, 0.5) is 5.82 Å². The maximum absolute atomic E-state index is 4.97. The van der Waals surface area contributed by atoms with Crippen molar-refractivity contribution in [3.63, 3.8) is 0 Å². The van der Waals surface area contributed by atoms with Crippen molar-refractivity contribution in [3.8, 4) is 11.4 Å². The van der Waals surface area contributed by atoms with Crippen LogP contribution in [0.1, 0.15) is 5.56 Å². The Morgan fingerprint density at radius 1 is 0.724 bits per heavy atom. The third kappa shape index (κ3) is 3.82. The van der Waals surface area contributed by atoms with Crippen molar-refractivity contribution in [3.05, 3.63) is 84.7 Å². The smallest absolute Gasteiger partial charge is 0.162 e. The second-order valence-corrected chi connectivity index (χ2v) is 7.37. The zero-order valence-electron chi connectivity index (χ0n) is 16.3.